The second kappa shape index (κ2) is 11.3. The second-order valence-corrected chi connectivity index (χ2v) is 11.2. The van der Waals surface area contributed by atoms with Crippen LogP contribution in [0.25, 0.3) is 33.3 Å². The van der Waals surface area contributed by atoms with Gasteiger partial charge in [-0.25, -0.2) is 19.6 Å². The van der Waals surface area contributed by atoms with Crippen LogP contribution in [-0.2, 0) is 11.8 Å². The number of hydrogen-bond acceptors (Lipinski definition) is 9. The van der Waals surface area contributed by atoms with Gasteiger partial charge in [-0.2, -0.15) is 5.10 Å². The second-order valence-electron chi connectivity index (χ2n) is 11.2. The largest absolute Gasteiger partial charge is 0.495 e. The number of likely N-dealkylation sites (tertiary alicyclic amines) is 1. The monoisotopic (exact) mass is 581 g/mol. The van der Waals surface area contributed by atoms with Gasteiger partial charge in [0.25, 0.3) is 5.91 Å². The molecule has 6 heterocycles. The highest BCUT2D eigenvalue weighted by atomic mass is 16.5. The Balaban J connectivity index is 1.17. The maximum atomic E-state index is 13.3. The van der Waals surface area contributed by atoms with E-state index >= 15 is 0 Å². The number of nitrogens with zero attached hydrogens (tertiary/aromatic N) is 7. The number of piperidine rings is 1. The molecule has 1 aromatic carbocycles. The van der Waals surface area contributed by atoms with Gasteiger partial charge in [-0.1, -0.05) is 6.07 Å². The van der Waals surface area contributed by atoms with E-state index in [9.17, 15) is 4.79 Å². The Morgan fingerprint density at radius 3 is 2.60 bits per heavy atom. The van der Waals surface area contributed by atoms with Gasteiger partial charge in [0.05, 0.1) is 24.2 Å². The number of benzene rings is 1. The molecule has 0 atom stereocenters. The van der Waals surface area contributed by atoms with E-state index in [0.717, 1.165) is 79.6 Å². The summed E-state index contributed by atoms with van der Waals surface area (Å²) in [6.45, 7) is 3.73. The van der Waals surface area contributed by atoms with Crippen molar-refractivity contribution in [1.82, 2.24) is 34.2 Å². The van der Waals surface area contributed by atoms with Crippen molar-refractivity contribution in [2.24, 2.45) is 7.05 Å². The fraction of sp³-hybridized carbons (Fsp3) is 0.387. The third kappa shape index (κ3) is 4.96. The first-order valence-electron chi connectivity index (χ1n) is 14.7. The standard InChI is InChI=1S/C31H35N9O3/c1-38-24(16-20-4-3-11-33-29(20)38)31(41)36-23-6-5-19(17-25(23)42-2)27-26-28(32)34-18-35-30(26)40(37-27)22-7-12-39(13-8-22)21-9-14-43-15-10-21/h3-6,11,16-18,21-22H,7-10,12-15H2,1-2H3,(H,36,41)(H2,32,34,35). The van der Waals surface area contributed by atoms with Crippen molar-refractivity contribution in [3.8, 4) is 17.0 Å². The number of rotatable bonds is 6. The first-order chi connectivity index (χ1) is 21.0. The predicted molar refractivity (Wildman–Crippen MR) is 164 cm³/mol. The zero-order chi connectivity index (χ0) is 29.5. The molecule has 0 saturated carbocycles. The highest BCUT2D eigenvalue weighted by Crippen LogP contribution is 2.38. The van der Waals surface area contributed by atoms with Crippen LogP contribution in [0.3, 0.4) is 0 Å². The SMILES string of the molecule is COc1cc(-c2nn(C3CCN(C4CCOCC4)CC3)c3ncnc(N)c23)ccc1NC(=O)c1cc2cccnc2n1C. The van der Waals surface area contributed by atoms with E-state index in [2.05, 4.69) is 25.2 Å². The van der Waals surface area contributed by atoms with Gasteiger partial charge in [-0.05, 0) is 56.0 Å². The Morgan fingerprint density at radius 2 is 1.84 bits per heavy atom. The van der Waals surface area contributed by atoms with E-state index in [1.54, 1.807) is 17.9 Å². The predicted octanol–water partition coefficient (Wildman–Crippen LogP) is 4.04. The summed E-state index contributed by atoms with van der Waals surface area (Å²) >= 11 is 0. The van der Waals surface area contributed by atoms with E-state index in [1.165, 1.54) is 6.33 Å². The number of nitrogens with two attached hydrogens (primary N) is 1. The average Bonchev–Trinajstić information content (AvgIpc) is 3.61. The number of carbonyl (C=O) groups is 1. The lowest BCUT2D eigenvalue weighted by atomic mass is 10.00. The first-order valence-corrected chi connectivity index (χ1v) is 14.7. The van der Waals surface area contributed by atoms with Crippen molar-refractivity contribution in [2.75, 3.05) is 44.5 Å². The molecule has 1 amide bonds. The van der Waals surface area contributed by atoms with E-state index < -0.39 is 0 Å². The third-order valence-corrected chi connectivity index (χ3v) is 8.81. The van der Waals surface area contributed by atoms with Gasteiger partial charge < -0.3 is 30.0 Å². The number of amides is 1. The van der Waals surface area contributed by atoms with Crippen LogP contribution in [0, 0.1) is 0 Å². The van der Waals surface area contributed by atoms with Crippen molar-refractivity contribution in [1.29, 1.82) is 0 Å². The number of hydrogen-bond donors (Lipinski definition) is 2. The quantitative estimate of drug-likeness (QED) is 0.304. The van der Waals surface area contributed by atoms with Gasteiger partial charge >= 0.3 is 0 Å². The molecule has 7 rings (SSSR count). The molecule has 2 fully saturated rings. The number of ether oxygens (including phenoxy) is 2. The van der Waals surface area contributed by atoms with Crippen LogP contribution in [0.15, 0.2) is 48.9 Å². The zero-order valence-electron chi connectivity index (χ0n) is 24.4. The molecule has 12 heteroatoms. The smallest absolute Gasteiger partial charge is 0.272 e. The van der Waals surface area contributed by atoms with Crippen molar-refractivity contribution in [3.05, 3.63) is 54.6 Å². The Labute approximate surface area is 248 Å². The maximum Gasteiger partial charge on any atom is 0.272 e. The van der Waals surface area contributed by atoms with Crippen LogP contribution < -0.4 is 15.8 Å². The van der Waals surface area contributed by atoms with E-state index in [1.807, 2.05) is 48.1 Å². The molecule has 0 aliphatic carbocycles. The number of pyridine rings is 1. The molecule has 5 aromatic rings. The van der Waals surface area contributed by atoms with Gasteiger partial charge in [0.2, 0.25) is 0 Å². The van der Waals surface area contributed by atoms with Crippen molar-refractivity contribution >= 4 is 39.5 Å². The van der Waals surface area contributed by atoms with Crippen LogP contribution in [-0.4, -0.2) is 79.6 Å². The van der Waals surface area contributed by atoms with Crippen molar-refractivity contribution in [3.63, 3.8) is 0 Å². The van der Waals surface area contributed by atoms with Gasteiger partial charge in [-0.3, -0.25) is 4.79 Å². The molecule has 2 aliphatic heterocycles. The molecule has 0 unspecified atom stereocenters. The Morgan fingerprint density at radius 1 is 1.02 bits per heavy atom. The summed E-state index contributed by atoms with van der Waals surface area (Å²) in [5.41, 5.74) is 10.4. The number of nitrogen functional groups attached to an aromatic ring is 1. The summed E-state index contributed by atoms with van der Waals surface area (Å²) in [6, 6.07) is 12.0. The number of anilines is 2. The van der Waals surface area contributed by atoms with Gasteiger partial charge in [0, 0.05) is 56.5 Å². The molecule has 0 radical (unpaired) electrons. The molecule has 2 saturated heterocycles. The van der Waals surface area contributed by atoms with Crippen molar-refractivity contribution < 1.29 is 14.3 Å². The fourth-order valence-corrected chi connectivity index (χ4v) is 6.50. The van der Waals surface area contributed by atoms with Gasteiger partial charge in [-0.15, -0.1) is 0 Å². The first kappa shape index (κ1) is 27.3. The summed E-state index contributed by atoms with van der Waals surface area (Å²) in [7, 11) is 3.41. The van der Waals surface area contributed by atoms with E-state index in [0.29, 0.717) is 34.7 Å². The van der Waals surface area contributed by atoms with Crippen LogP contribution in [0.1, 0.15) is 42.2 Å². The summed E-state index contributed by atoms with van der Waals surface area (Å²) in [5, 5.41) is 9.68. The van der Waals surface area contributed by atoms with E-state index in [-0.39, 0.29) is 11.9 Å². The molecule has 4 aromatic heterocycles. The summed E-state index contributed by atoms with van der Waals surface area (Å²) in [6.07, 6.45) is 7.37. The van der Waals surface area contributed by atoms with E-state index in [4.69, 9.17) is 20.3 Å². The average molecular weight is 582 g/mol. The van der Waals surface area contributed by atoms with Gasteiger partial charge in [0.15, 0.2) is 5.65 Å². The number of methoxy groups -OCH3 is 1. The van der Waals surface area contributed by atoms with Crippen molar-refractivity contribution in [2.45, 2.75) is 37.8 Å². The fourth-order valence-electron chi connectivity index (χ4n) is 6.50. The number of fused-ring (bicyclic) bond motifs is 2. The van der Waals surface area contributed by atoms with Crippen LogP contribution in [0.2, 0.25) is 0 Å². The van der Waals surface area contributed by atoms with Crippen LogP contribution in [0.5, 0.6) is 5.75 Å². The lowest BCUT2D eigenvalue weighted by molar-refractivity contribution is 0.0215. The molecule has 43 heavy (non-hydrogen) atoms. The molecule has 3 N–H and O–H groups in total. The maximum absolute atomic E-state index is 13.3. The number of aromatic nitrogens is 6. The molecular formula is C31H35N9O3. The number of nitrogens with one attached hydrogen (secondary N) is 1. The summed E-state index contributed by atoms with van der Waals surface area (Å²) in [4.78, 5) is 29.2. The molecule has 0 bridgehead atoms. The lowest BCUT2D eigenvalue weighted by Crippen LogP contribution is -2.44. The molecule has 222 valence electrons. The number of carbonyl (C=O) groups excluding carboxylic acids is 1. The minimum Gasteiger partial charge on any atom is -0.495 e. The molecule has 0 spiro atoms. The van der Waals surface area contributed by atoms with Crippen LogP contribution in [0.4, 0.5) is 11.5 Å². The molecule has 12 nitrogen and oxygen atoms in total. The minimum atomic E-state index is -0.258. The highest BCUT2D eigenvalue weighted by Gasteiger charge is 2.30. The highest BCUT2D eigenvalue weighted by molar-refractivity contribution is 6.07. The lowest BCUT2D eigenvalue weighted by Gasteiger charge is -2.39. The summed E-state index contributed by atoms with van der Waals surface area (Å²) < 4.78 is 15.1. The topological polar surface area (TPSA) is 138 Å². The molecule has 2 aliphatic rings. The van der Waals surface area contributed by atoms with Gasteiger partial charge in [0.1, 0.15) is 34.9 Å². The minimum absolute atomic E-state index is 0.206. The Bertz CT molecular complexity index is 1800. The van der Waals surface area contributed by atoms with Crippen LogP contribution >= 0.6 is 0 Å². The Hall–Kier alpha value is -4.55. The molecular weight excluding hydrogens is 546 g/mol. The zero-order valence-corrected chi connectivity index (χ0v) is 24.4. The Kier molecular flexibility index (Phi) is 7.15. The number of aryl methyl sites for hydroxylation is 1. The third-order valence-electron chi connectivity index (χ3n) is 8.81. The normalized spacial score (nSPS) is 17.1. The summed E-state index contributed by atoms with van der Waals surface area (Å²) in [5.74, 6) is 0.628.